The highest BCUT2D eigenvalue weighted by Crippen LogP contribution is 2.07. The van der Waals surface area contributed by atoms with Crippen LogP contribution >= 0.6 is 15.9 Å². The lowest BCUT2D eigenvalue weighted by atomic mass is 10.1. The zero-order valence-electron chi connectivity index (χ0n) is 8.21. The zero-order valence-corrected chi connectivity index (χ0v) is 9.79. The Balaban J connectivity index is 2.24. The minimum Gasteiger partial charge on any atom is -0.309 e. The van der Waals surface area contributed by atoms with Crippen molar-refractivity contribution in [1.29, 1.82) is 0 Å². The lowest BCUT2D eigenvalue weighted by Gasteiger charge is -2.01. The molecule has 0 amide bonds. The number of nitrogens with zero attached hydrogens (tertiary/aromatic N) is 1. The fourth-order valence-corrected chi connectivity index (χ4v) is 1.50. The lowest BCUT2D eigenvalue weighted by molar-refractivity contribution is 0.627. The molecular weight excluding hydrogens is 275 g/mol. The number of aromatic nitrogens is 2. The first-order valence-electron chi connectivity index (χ1n) is 4.63. The van der Waals surface area contributed by atoms with Gasteiger partial charge >= 0.3 is 0 Å². The summed E-state index contributed by atoms with van der Waals surface area (Å²) in [4.78, 5) is 18.0. The minimum absolute atomic E-state index is 0.216. The predicted molar refractivity (Wildman–Crippen MR) is 61.8 cm³/mol. The van der Waals surface area contributed by atoms with Gasteiger partial charge in [0.05, 0.1) is 0 Å². The van der Waals surface area contributed by atoms with E-state index >= 15 is 0 Å². The largest absolute Gasteiger partial charge is 0.309 e. The van der Waals surface area contributed by atoms with E-state index in [0.29, 0.717) is 16.7 Å². The van der Waals surface area contributed by atoms with Crippen molar-refractivity contribution >= 4 is 15.9 Å². The van der Waals surface area contributed by atoms with Gasteiger partial charge in [0.15, 0.2) is 0 Å². The van der Waals surface area contributed by atoms with E-state index in [-0.39, 0.29) is 11.4 Å². The Kier molecular flexibility index (Phi) is 3.14. The molecule has 0 saturated heterocycles. The van der Waals surface area contributed by atoms with Crippen LogP contribution in [0.4, 0.5) is 4.39 Å². The standard InChI is InChI=1S/C11H8BrFN2O/c12-9-6-14-10(15-11(9)16)5-7-1-3-8(13)4-2-7/h1-4,6H,5H2,(H,14,15,16). The number of H-pyrrole nitrogens is 1. The van der Waals surface area contributed by atoms with Gasteiger partial charge in [0, 0.05) is 12.6 Å². The Hall–Kier alpha value is -1.49. The number of rotatable bonds is 2. The average molecular weight is 283 g/mol. The van der Waals surface area contributed by atoms with Crippen LogP contribution < -0.4 is 5.56 Å². The molecule has 2 aromatic rings. The molecule has 0 atom stereocenters. The van der Waals surface area contributed by atoms with E-state index in [1.165, 1.54) is 18.3 Å². The van der Waals surface area contributed by atoms with Gasteiger partial charge in [-0.25, -0.2) is 9.37 Å². The second-order valence-electron chi connectivity index (χ2n) is 3.31. The lowest BCUT2D eigenvalue weighted by Crippen LogP contribution is -2.11. The molecule has 0 aliphatic rings. The molecule has 1 aromatic heterocycles. The topological polar surface area (TPSA) is 45.8 Å². The van der Waals surface area contributed by atoms with Crippen LogP contribution in [0, 0.1) is 5.82 Å². The Morgan fingerprint density at radius 1 is 1.31 bits per heavy atom. The van der Waals surface area contributed by atoms with Gasteiger partial charge in [-0.05, 0) is 33.6 Å². The summed E-state index contributed by atoms with van der Waals surface area (Å²) < 4.78 is 13.1. The molecule has 82 valence electrons. The molecular formula is C11H8BrFN2O. The fraction of sp³-hybridized carbons (Fsp3) is 0.0909. The van der Waals surface area contributed by atoms with Gasteiger partial charge in [-0.3, -0.25) is 4.79 Å². The molecule has 0 fully saturated rings. The monoisotopic (exact) mass is 282 g/mol. The summed E-state index contributed by atoms with van der Waals surface area (Å²) in [5.74, 6) is 0.279. The van der Waals surface area contributed by atoms with Gasteiger partial charge in [0.25, 0.3) is 5.56 Å². The van der Waals surface area contributed by atoms with E-state index in [4.69, 9.17) is 0 Å². The predicted octanol–water partition coefficient (Wildman–Crippen LogP) is 2.26. The van der Waals surface area contributed by atoms with E-state index in [2.05, 4.69) is 25.9 Å². The van der Waals surface area contributed by atoms with Gasteiger partial charge in [0.2, 0.25) is 0 Å². The van der Waals surface area contributed by atoms with Crippen molar-refractivity contribution in [1.82, 2.24) is 9.97 Å². The SMILES string of the molecule is O=c1[nH]c(Cc2ccc(F)cc2)ncc1Br. The third kappa shape index (κ3) is 2.55. The first-order valence-corrected chi connectivity index (χ1v) is 5.42. The molecule has 1 N–H and O–H groups in total. The summed E-state index contributed by atoms with van der Waals surface area (Å²) in [5, 5.41) is 0. The summed E-state index contributed by atoms with van der Waals surface area (Å²) in [6, 6.07) is 6.09. The quantitative estimate of drug-likeness (QED) is 0.919. The molecule has 0 bridgehead atoms. The fourth-order valence-electron chi connectivity index (χ4n) is 1.30. The van der Waals surface area contributed by atoms with Crippen LogP contribution in [0.2, 0.25) is 0 Å². The molecule has 5 heteroatoms. The highest BCUT2D eigenvalue weighted by Gasteiger charge is 2.01. The highest BCUT2D eigenvalue weighted by atomic mass is 79.9. The molecule has 3 nitrogen and oxygen atoms in total. The number of aromatic amines is 1. The zero-order chi connectivity index (χ0) is 11.5. The Morgan fingerprint density at radius 3 is 2.62 bits per heavy atom. The molecule has 0 saturated carbocycles. The highest BCUT2D eigenvalue weighted by molar-refractivity contribution is 9.10. The smallest absolute Gasteiger partial charge is 0.265 e. The molecule has 1 heterocycles. The van der Waals surface area contributed by atoms with Crippen molar-refractivity contribution in [2.24, 2.45) is 0 Å². The number of halogens is 2. The van der Waals surface area contributed by atoms with Crippen LogP contribution in [-0.4, -0.2) is 9.97 Å². The maximum atomic E-state index is 12.7. The van der Waals surface area contributed by atoms with Gasteiger partial charge < -0.3 is 4.98 Å². The number of benzene rings is 1. The first-order chi connectivity index (χ1) is 7.65. The van der Waals surface area contributed by atoms with Gasteiger partial charge in [-0.1, -0.05) is 12.1 Å². The second kappa shape index (κ2) is 4.57. The molecule has 0 spiro atoms. The van der Waals surface area contributed by atoms with Crippen LogP contribution in [0.25, 0.3) is 0 Å². The Bertz CT molecular complexity index is 551. The molecule has 0 radical (unpaired) electrons. The van der Waals surface area contributed by atoms with Crippen molar-refractivity contribution in [3.8, 4) is 0 Å². The van der Waals surface area contributed by atoms with Crippen LogP contribution in [0.5, 0.6) is 0 Å². The van der Waals surface area contributed by atoms with Gasteiger partial charge in [0.1, 0.15) is 16.1 Å². The molecule has 0 unspecified atom stereocenters. The Morgan fingerprint density at radius 2 is 2.00 bits per heavy atom. The van der Waals surface area contributed by atoms with Crippen molar-refractivity contribution in [3.63, 3.8) is 0 Å². The maximum Gasteiger partial charge on any atom is 0.265 e. The summed E-state index contributed by atoms with van der Waals surface area (Å²) in [5.41, 5.74) is 0.680. The van der Waals surface area contributed by atoms with Crippen LogP contribution in [-0.2, 0) is 6.42 Å². The second-order valence-corrected chi connectivity index (χ2v) is 4.16. The number of hydrogen-bond acceptors (Lipinski definition) is 2. The normalized spacial score (nSPS) is 10.4. The Labute approximate surface area is 99.5 Å². The van der Waals surface area contributed by atoms with Crippen molar-refractivity contribution in [2.45, 2.75) is 6.42 Å². The van der Waals surface area contributed by atoms with E-state index in [1.54, 1.807) is 12.1 Å². The molecule has 0 aliphatic carbocycles. The van der Waals surface area contributed by atoms with Crippen molar-refractivity contribution in [3.05, 3.63) is 62.5 Å². The van der Waals surface area contributed by atoms with Gasteiger partial charge in [-0.15, -0.1) is 0 Å². The van der Waals surface area contributed by atoms with Crippen molar-refractivity contribution < 1.29 is 4.39 Å². The molecule has 1 aromatic carbocycles. The number of nitrogens with one attached hydrogen (secondary N) is 1. The summed E-state index contributed by atoms with van der Waals surface area (Å²) >= 11 is 3.07. The van der Waals surface area contributed by atoms with Gasteiger partial charge in [-0.2, -0.15) is 0 Å². The van der Waals surface area contributed by atoms with Crippen LogP contribution in [0.3, 0.4) is 0 Å². The maximum absolute atomic E-state index is 12.7. The minimum atomic E-state index is -0.277. The van der Waals surface area contributed by atoms with E-state index in [1.807, 2.05) is 0 Å². The molecule has 2 rings (SSSR count). The van der Waals surface area contributed by atoms with Crippen LogP contribution in [0.1, 0.15) is 11.4 Å². The van der Waals surface area contributed by atoms with E-state index in [0.717, 1.165) is 5.56 Å². The molecule has 16 heavy (non-hydrogen) atoms. The summed E-state index contributed by atoms with van der Waals surface area (Å²) in [6.07, 6.45) is 1.93. The number of hydrogen-bond donors (Lipinski definition) is 1. The van der Waals surface area contributed by atoms with Crippen LogP contribution in [0.15, 0.2) is 39.7 Å². The van der Waals surface area contributed by atoms with E-state index < -0.39 is 0 Å². The molecule has 0 aliphatic heterocycles. The van der Waals surface area contributed by atoms with E-state index in [9.17, 15) is 9.18 Å². The summed E-state index contributed by atoms with van der Waals surface area (Å²) in [6.45, 7) is 0. The third-order valence-corrected chi connectivity index (χ3v) is 2.66. The average Bonchev–Trinajstić information content (AvgIpc) is 2.27. The first kappa shape index (κ1) is 11.0. The van der Waals surface area contributed by atoms with Crippen molar-refractivity contribution in [2.75, 3.05) is 0 Å². The summed E-state index contributed by atoms with van der Waals surface area (Å²) in [7, 11) is 0. The third-order valence-electron chi connectivity index (χ3n) is 2.09.